The topological polar surface area (TPSA) is 21.3 Å². The van der Waals surface area contributed by atoms with Crippen molar-refractivity contribution < 1.29 is 9.13 Å². The molecule has 3 heteroatoms. The number of nitrogens with one attached hydrogen (secondary N) is 1. The van der Waals surface area contributed by atoms with E-state index in [1.54, 1.807) is 19.2 Å². The monoisotopic (exact) mass is 211 g/mol. The van der Waals surface area contributed by atoms with Crippen molar-refractivity contribution in [3.8, 4) is 0 Å². The van der Waals surface area contributed by atoms with Crippen LogP contribution in [0.2, 0.25) is 0 Å². The molecule has 0 saturated carbocycles. The van der Waals surface area contributed by atoms with Crippen molar-refractivity contribution in [2.24, 2.45) is 0 Å². The Balaban J connectivity index is 2.83. The number of ether oxygens (including phenoxy) is 1. The highest BCUT2D eigenvalue weighted by Gasteiger charge is 2.17. The molecule has 1 aromatic carbocycles. The highest BCUT2D eigenvalue weighted by Crippen LogP contribution is 2.18. The summed E-state index contributed by atoms with van der Waals surface area (Å²) < 4.78 is 18.1. The fraction of sp³-hybridized carbons (Fsp3) is 0.500. The van der Waals surface area contributed by atoms with Gasteiger partial charge in [-0.1, -0.05) is 19.1 Å². The molecule has 1 aromatic rings. The van der Waals surface area contributed by atoms with E-state index in [1.807, 2.05) is 13.8 Å². The van der Waals surface area contributed by atoms with Crippen LogP contribution in [0.25, 0.3) is 0 Å². The smallest absolute Gasteiger partial charge is 0.123 e. The maximum absolute atomic E-state index is 12.8. The van der Waals surface area contributed by atoms with Crippen molar-refractivity contribution in [2.45, 2.75) is 26.0 Å². The van der Waals surface area contributed by atoms with Crippen LogP contribution in [0.15, 0.2) is 24.3 Å². The van der Waals surface area contributed by atoms with Crippen LogP contribution in [0, 0.1) is 5.82 Å². The van der Waals surface area contributed by atoms with E-state index in [9.17, 15) is 4.39 Å². The molecule has 0 amide bonds. The fourth-order valence-corrected chi connectivity index (χ4v) is 1.58. The lowest BCUT2D eigenvalue weighted by molar-refractivity contribution is 0.0835. The highest BCUT2D eigenvalue weighted by molar-refractivity contribution is 5.20. The van der Waals surface area contributed by atoms with Crippen molar-refractivity contribution in [1.82, 2.24) is 5.32 Å². The summed E-state index contributed by atoms with van der Waals surface area (Å²) in [5.41, 5.74) is 1.05. The molecular weight excluding hydrogens is 193 g/mol. The van der Waals surface area contributed by atoms with Crippen molar-refractivity contribution in [3.05, 3.63) is 35.6 Å². The van der Waals surface area contributed by atoms with Crippen molar-refractivity contribution >= 4 is 0 Å². The van der Waals surface area contributed by atoms with Gasteiger partial charge in [0.05, 0.1) is 12.1 Å². The van der Waals surface area contributed by atoms with Gasteiger partial charge in [-0.3, -0.25) is 0 Å². The Labute approximate surface area is 90.4 Å². The number of rotatable bonds is 5. The third-order valence-corrected chi connectivity index (χ3v) is 2.49. The van der Waals surface area contributed by atoms with Gasteiger partial charge in [0.1, 0.15) is 5.82 Å². The Hall–Kier alpha value is -0.930. The molecule has 2 atom stereocenters. The van der Waals surface area contributed by atoms with Crippen LogP contribution in [-0.2, 0) is 4.74 Å². The minimum atomic E-state index is -0.209. The minimum Gasteiger partial charge on any atom is -0.380 e. The molecule has 0 aliphatic heterocycles. The lowest BCUT2D eigenvalue weighted by Gasteiger charge is -2.24. The van der Waals surface area contributed by atoms with Gasteiger partial charge >= 0.3 is 0 Å². The number of halogens is 1. The Morgan fingerprint density at radius 2 is 1.93 bits per heavy atom. The van der Waals surface area contributed by atoms with Crippen LogP contribution < -0.4 is 5.32 Å². The van der Waals surface area contributed by atoms with Gasteiger partial charge < -0.3 is 10.1 Å². The zero-order valence-corrected chi connectivity index (χ0v) is 9.46. The van der Waals surface area contributed by atoms with Crippen LogP contribution in [0.4, 0.5) is 4.39 Å². The second-order valence-corrected chi connectivity index (χ2v) is 3.53. The third kappa shape index (κ3) is 3.29. The van der Waals surface area contributed by atoms with Crippen LogP contribution in [0.3, 0.4) is 0 Å². The third-order valence-electron chi connectivity index (χ3n) is 2.49. The molecule has 0 spiro atoms. The first kappa shape index (κ1) is 12.1. The SMILES string of the molecule is CCNC(c1ccc(F)cc1)C(C)OC. The predicted octanol–water partition coefficient (Wildman–Crippen LogP) is 2.51. The fourth-order valence-electron chi connectivity index (χ4n) is 1.58. The summed E-state index contributed by atoms with van der Waals surface area (Å²) in [6.45, 7) is 4.89. The van der Waals surface area contributed by atoms with E-state index >= 15 is 0 Å². The summed E-state index contributed by atoms with van der Waals surface area (Å²) in [4.78, 5) is 0. The van der Waals surface area contributed by atoms with E-state index < -0.39 is 0 Å². The first-order valence-electron chi connectivity index (χ1n) is 5.20. The molecule has 84 valence electrons. The number of likely N-dealkylation sites (N-methyl/N-ethyl adjacent to an activating group) is 1. The molecule has 0 aliphatic carbocycles. The quantitative estimate of drug-likeness (QED) is 0.808. The average molecular weight is 211 g/mol. The van der Waals surface area contributed by atoms with E-state index in [2.05, 4.69) is 5.32 Å². The Morgan fingerprint density at radius 1 is 1.33 bits per heavy atom. The number of hydrogen-bond donors (Lipinski definition) is 1. The van der Waals surface area contributed by atoms with Gasteiger partial charge in [0, 0.05) is 7.11 Å². The van der Waals surface area contributed by atoms with Gasteiger partial charge in [0.15, 0.2) is 0 Å². The minimum absolute atomic E-state index is 0.0652. The standard InChI is InChI=1S/C12H18FNO/c1-4-14-12(9(2)15-3)10-5-7-11(13)8-6-10/h5-9,12,14H,4H2,1-3H3. The van der Waals surface area contributed by atoms with E-state index in [1.165, 1.54) is 12.1 Å². The maximum Gasteiger partial charge on any atom is 0.123 e. The molecule has 0 saturated heterocycles. The molecule has 0 aliphatic rings. The molecular formula is C12H18FNO. The van der Waals surface area contributed by atoms with Crippen LogP contribution >= 0.6 is 0 Å². The molecule has 0 bridgehead atoms. The summed E-state index contributed by atoms with van der Waals surface area (Å²) in [7, 11) is 1.68. The second-order valence-electron chi connectivity index (χ2n) is 3.53. The molecule has 2 unspecified atom stereocenters. The van der Waals surface area contributed by atoms with Crippen molar-refractivity contribution in [2.75, 3.05) is 13.7 Å². The Bertz CT molecular complexity index is 286. The maximum atomic E-state index is 12.8. The summed E-state index contributed by atoms with van der Waals surface area (Å²) in [5, 5.41) is 3.32. The molecule has 15 heavy (non-hydrogen) atoms. The van der Waals surface area contributed by atoms with Crippen LogP contribution in [0.5, 0.6) is 0 Å². The van der Waals surface area contributed by atoms with Crippen molar-refractivity contribution in [1.29, 1.82) is 0 Å². The van der Waals surface area contributed by atoms with E-state index in [4.69, 9.17) is 4.74 Å². The molecule has 1 N–H and O–H groups in total. The average Bonchev–Trinajstić information content (AvgIpc) is 2.26. The van der Waals surface area contributed by atoms with Gasteiger partial charge in [-0.15, -0.1) is 0 Å². The summed E-state index contributed by atoms with van der Waals surface area (Å²) in [5.74, 6) is -0.209. The van der Waals surface area contributed by atoms with Gasteiger partial charge in [-0.25, -0.2) is 4.39 Å². The highest BCUT2D eigenvalue weighted by atomic mass is 19.1. The summed E-state index contributed by atoms with van der Waals surface area (Å²) in [6, 6.07) is 6.64. The van der Waals surface area contributed by atoms with E-state index in [0.29, 0.717) is 0 Å². The first-order chi connectivity index (χ1) is 7.19. The molecule has 2 nitrogen and oxygen atoms in total. The summed E-state index contributed by atoms with van der Waals surface area (Å²) >= 11 is 0. The molecule has 0 fully saturated rings. The number of methoxy groups -OCH3 is 1. The van der Waals surface area contributed by atoms with Crippen LogP contribution in [-0.4, -0.2) is 19.8 Å². The van der Waals surface area contributed by atoms with Gasteiger partial charge in [-0.05, 0) is 31.2 Å². The van der Waals surface area contributed by atoms with E-state index in [0.717, 1.165) is 12.1 Å². The Morgan fingerprint density at radius 3 is 2.40 bits per heavy atom. The van der Waals surface area contributed by atoms with Gasteiger partial charge in [0.25, 0.3) is 0 Å². The Kier molecular flexibility index (Phi) is 4.72. The van der Waals surface area contributed by atoms with E-state index in [-0.39, 0.29) is 18.0 Å². The zero-order chi connectivity index (χ0) is 11.3. The predicted molar refractivity (Wildman–Crippen MR) is 59.3 cm³/mol. The molecule has 1 rings (SSSR count). The molecule has 0 heterocycles. The molecule has 0 radical (unpaired) electrons. The lowest BCUT2D eigenvalue weighted by Crippen LogP contribution is -2.31. The van der Waals surface area contributed by atoms with Gasteiger partial charge in [-0.2, -0.15) is 0 Å². The lowest BCUT2D eigenvalue weighted by atomic mass is 10.0. The molecule has 0 aromatic heterocycles. The van der Waals surface area contributed by atoms with Crippen LogP contribution in [0.1, 0.15) is 25.5 Å². The summed E-state index contributed by atoms with van der Waals surface area (Å²) in [6.07, 6.45) is 0.0652. The van der Waals surface area contributed by atoms with Gasteiger partial charge in [0.2, 0.25) is 0 Å². The van der Waals surface area contributed by atoms with Crippen molar-refractivity contribution in [3.63, 3.8) is 0 Å². The number of benzene rings is 1. The normalized spacial score (nSPS) is 14.9. The zero-order valence-electron chi connectivity index (χ0n) is 9.46. The number of hydrogen-bond acceptors (Lipinski definition) is 2. The second kappa shape index (κ2) is 5.83. The largest absolute Gasteiger partial charge is 0.380 e. The first-order valence-corrected chi connectivity index (χ1v) is 5.20.